The average Bonchev–Trinajstić information content (AvgIpc) is 3.25. The number of benzene rings is 1. The van der Waals surface area contributed by atoms with Crippen LogP contribution in [0.1, 0.15) is 36.3 Å². The number of aryl methyl sites for hydroxylation is 1. The third-order valence-corrected chi connectivity index (χ3v) is 5.98. The van der Waals surface area contributed by atoms with E-state index in [1.807, 2.05) is 36.1 Å². The second-order valence-corrected chi connectivity index (χ2v) is 7.63. The molecule has 148 valence electrons. The molecule has 1 saturated carbocycles. The minimum atomic E-state index is -0.00769. The van der Waals surface area contributed by atoms with Gasteiger partial charge in [-0.2, -0.15) is 4.98 Å². The minimum Gasteiger partial charge on any atom is -0.496 e. The molecule has 7 nitrogen and oxygen atoms in total. The summed E-state index contributed by atoms with van der Waals surface area (Å²) in [6.07, 6.45) is 8.94. The van der Waals surface area contributed by atoms with Crippen LogP contribution in [-0.2, 0) is 7.05 Å². The fourth-order valence-electron chi connectivity index (χ4n) is 4.21. The molecule has 3 heterocycles. The zero-order chi connectivity index (χ0) is 20.1. The molecule has 0 radical (unpaired) electrons. The van der Waals surface area contributed by atoms with Crippen molar-refractivity contribution < 1.29 is 9.84 Å². The molecule has 0 bridgehead atoms. The molecule has 29 heavy (non-hydrogen) atoms. The molecule has 5 rings (SSSR count). The van der Waals surface area contributed by atoms with Gasteiger partial charge in [-0.1, -0.05) is 18.6 Å². The molecule has 1 fully saturated rings. The van der Waals surface area contributed by atoms with Gasteiger partial charge in [0.25, 0.3) is 0 Å². The van der Waals surface area contributed by atoms with E-state index >= 15 is 0 Å². The number of ether oxygens (including phenoxy) is 1. The predicted molar refractivity (Wildman–Crippen MR) is 110 cm³/mol. The third kappa shape index (κ3) is 2.68. The zero-order valence-corrected chi connectivity index (χ0v) is 16.8. The lowest BCUT2D eigenvalue weighted by atomic mass is 9.77. The quantitative estimate of drug-likeness (QED) is 0.569. The Hall–Kier alpha value is -3.35. The standard InChI is InChI=1S/C22H23N5O2/c1-13-15(8-5-9-17(13)29-3)16-12-27-19(18(16)14-6-4-7-14)22(28)24-20(25-27)21-23-10-11-26(21)2/h5,8-12,14H,4,6-7H2,1-3H3,(H,24,25,28). The van der Waals surface area contributed by atoms with Crippen LogP contribution in [0, 0.1) is 6.92 Å². The highest BCUT2D eigenvalue weighted by molar-refractivity contribution is 5.82. The Bertz CT molecular complexity index is 1220. The Balaban J connectivity index is 1.78. The Labute approximate surface area is 168 Å². The lowest BCUT2D eigenvalue weighted by Gasteiger charge is -2.27. The second-order valence-electron chi connectivity index (χ2n) is 7.63. The van der Waals surface area contributed by atoms with E-state index in [9.17, 15) is 5.11 Å². The highest BCUT2D eigenvalue weighted by atomic mass is 16.5. The summed E-state index contributed by atoms with van der Waals surface area (Å²) in [6.45, 7) is 2.06. The lowest BCUT2D eigenvalue weighted by molar-refractivity contribution is 0.411. The zero-order valence-electron chi connectivity index (χ0n) is 16.8. The van der Waals surface area contributed by atoms with Crippen molar-refractivity contribution in [1.82, 2.24) is 24.1 Å². The lowest BCUT2D eigenvalue weighted by Crippen LogP contribution is -2.10. The fourth-order valence-corrected chi connectivity index (χ4v) is 4.21. The van der Waals surface area contributed by atoms with Gasteiger partial charge in [0.05, 0.1) is 7.11 Å². The molecule has 1 aromatic carbocycles. The Morgan fingerprint density at radius 1 is 1.21 bits per heavy atom. The first-order valence-electron chi connectivity index (χ1n) is 9.82. The van der Waals surface area contributed by atoms with Crippen molar-refractivity contribution in [3.8, 4) is 34.4 Å². The number of imidazole rings is 1. The second kappa shape index (κ2) is 6.62. The van der Waals surface area contributed by atoms with Crippen molar-refractivity contribution in [2.75, 3.05) is 7.11 Å². The summed E-state index contributed by atoms with van der Waals surface area (Å²) in [4.78, 5) is 8.70. The van der Waals surface area contributed by atoms with Crippen molar-refractivity contribution in [2.24, 2.45) is 7.05 Å². The summed E-state index contributed by atoms with van der Waals surface area (Å²) in [7, 11) is 3.57. The van der Waals surface area contributed by atoms with Gasteiger partial charge in [0.15, 0.2) is 5.82 Å². The summed E-state index contributed by atoms with van der Waals surface area (Å²) in [5, 5.41) is 15.6. The van der Waals surface area contributed by atoms with Gasteiger partial charge in [0.2, 0.25) is 11.7 Å². The molecule has 0 unspecified atom stereocenters. The van der Waals surface area contributed by atoms with E-state index in [2.05, 4.69) is 23.0 Å². The maximum Gasteiger partial charge on any atom is 0.240 e. The summed E-state index contributed by atoms with van der Waals surface area (Å²) < 4.78 is 9.13. The molecule has 1 aliphatic rings. The maximum atomic E-state index is 10.9. The van der Waals surface area contributed by atoms with Crippen LogP contribution in [0.25, 0.3) is 28.3 Å². The van der Waals surface area contributed by atoms with Gasteiger partial charge in [-0.05, 0) is 48.4 Å². The van der Waals surface area contributed by atoms with E-state index in [1.54, 1.807) is 17.8 Å². The first-order chi connectivity index (χ1) is 14.1. The summed E-state index contributed by atoms with van der Waals surface area (Å²) in [6, 6.07) is 6.06. The van der Waals surface area contributed by atoms with Gasteiger partial charge >= 0.3 is 0 Å². The van der Waals surface area contributed by atoms with E-state index in [4.69, 9.17) is 9.84 Å². The number of aromatic hydroxyl groups is 1. The molecule has 0 aliphatic heterocycles. The Morgan fingerprint density at radius 3 is 2.69 bits per heavy atom. The maximum absolute atomic E-state index is 10.9. The van der Waals surface area contributed by atoms with Gasteiger partial charge in [-0.3, -0.25) is 0 Å². The summed E-state index contributed by atoms with van der Waals surface area (Å²) in [5.74, 6) is 2.24. The SMILES string of the molecule is COc1cccc(-c2cn3nc(-c4nccn4C)nc(O)c3c2C2CCC2)c1C. The molecule has 1 aliphatic carbocycles. The van der Waals surface area contributed by atoms with Crippen molar-refractivity contribution in [1.29, 1.82) is 0 Å². The van der Waals surface area contributed by atoms with Crippen LogP contribution in [0.3, 0.4) is 0 Å². The minimum absolute atomic E-state index is 0.00769. The van der Waals surface area contributed by atoms with Gasteiger partial charge < -0.3 is 14.4 Å². The monoisotopic (exact) mass is 389 g/mol. The topological polar surface area (TPSA) is 77.5 Å². The number of fused-ring (bicyclic) bond motifs is 1. The van der Waals surface area contributed by atoms with E-state index < -0.39 is 0 Å². The molecule has 0 spiro atoms. The molecule has 4 aromatic rings. The van der Waals surface area contributed by atoms with Gasteiger partial charge in [0, 0.05) is 31.2 Å². The number of hydrogen-bond donors (Lipinski definition) is 1. The van der Waals surface area contributed by atoms with Crippen molar-refractivity contribution in [3.63, 3.8) is 0 Å². The molecular weight excluding hydrogens is 366 g/mol. The van der Waals surface area contributed by atoms with Crippen molar-refractivity contribution in [2.45, 2.75) is 32.1 Å². The normalized spacial score (nSPS) is 14.3. The van der Waals surface area contributed by atoms with Crippen LogP contribution in [-0.4, -0.2) is 36.4 Å². The molecule has 3 aromatic heterocycles. The van der Waals surface area contributed by atoms with Crippen LogP contribution in [0.15, 0.2) is 36.8 Å². The molecule has 7 heteroatoms. The van der Waals surface area contributed by atoms with Crippen LogP contribution < -0.4 is 4.74 Å². The summed E-state index contributed by atoms with van der Waals surface area (Å²) >= 11 is 0. The third-order valence-electron chi connectivity index (χ3n) is 5.98. The van der Waals surface area contributed by atoms with E-state index in [0.29, 0.717) is 23.1 Å². The van der Waals surface area contributed by atoms with Crippen LogP contribution in [0.4, 0.5) is 0 Å². The number of aromatic nitrogens is 5. The fraction of sp³-hybridized carbons (Fsp3) is 0.318. The van der Waals surface area contributed by atoms with Crippen LogP contribution in [0.2, 0.25) is 0 Å². The highest BCUT2D eigenvalue weighted by Gasteiger charge is 2.30. The molecule has 0 saturated heterocycles. The van der Waals surface area contributed by atoms with Gasteiger partial charge in [-0.25, -0.2) is 9.50 Å². The molecular formula is C22H23N5O2. The number of methoxy groups -OCH3 is 1. The number of rotatable bonds is 4. The van der Waals surface area contributed by atoms with Crippen LogP contribution in [0.5, 0.6) is 11.6 Å². The first-order valence-corrected chi connectivity index (χ1v) is 9.82. The Kier molecular flexibility index (Phi) is 4.04. The molecule has 0 amide bonds. The number of nitrogens with zero attached hydrogens (tertiary/aromatic N) is 5. The largest absolute Gasteiger partial charge is 0.496 e. The molecule has 1 N–H and O–H groups in total. The molecule has 0 atom stereocenters. The highest BCUT2D eigenvalue weighted by Crippen LogP contribution is 2.47. The van der Waals surface area contributed by atoms with Gasteiger partial charge in [0.1, 0.15) is 11.3 Å². The predicted octanol–water partition coefficient (Wildman–Crippen LogP) is 4.09. The number of hydrogen-bond acceptors (Lipinski definition) is 5. The van der Waals surface area contributed by atoms with E-state index in [1.165, 1.54) is 6.42 Å². The Morgan fingerprint density at radius 2 is 2.03 bits per heavy atom. The van der Waals surface area contributed by atoms with E-state index in [0.717, 1.165) is 40.8 Å². The van der Waals surface area contributed by atoms with Gasteiger partial charge in [-0.15, -0.1) is 5.10 Å². The average molecular weight is 389 g/mol. The summed E-state index contributed by atoms with van der Waals surface area (Å²) in [5.41, 5.74) is 5.05. The van der Waals surface area contributed by atoms with E-state index in [-0.39, 0.29) is 5.88 Å². The smallest absolute Gasteiger partial charge is 0.240 e. The van der Waals surface area contributed by atoms with Crippen molar-refractivity contribution in [3.05, 3.63) is 47.9 Å². The first kappa shape index (κ1) is 17.7. The van der Waals surface area contributed by atoms with Crippen molar-refractivity contribution >= 4 is 5.52 Å². The van der Waals surface area contributed by atoms with Crippen LogP contribution >= 0.6 is 0 Å².